The summed E-state index contributed by atoms with van der Waals surface area (Å²) in [4.78, 5) is 0. The first kappa shape index (κ1) is 15.1. The highest BCUT2D eigenvalue weighted by Gasteiger charge is 2.49. The van der Waals surface area contributed by atoms with Gasteiger partial charge in [-0.2, -0.15) is 0 Å². The molecule has 1 saturated heterocycles. The maximum atomic E-state index is 6.08. The highest BCUT2D eigenvalue weighted by atomic mass is 28.3. The van der Waals surface area contributed by atoms with Crippen LogP contribution >= 0.6 is 0 Å². The molecule has 2 nitrogen and oxygen atoms in total. The van der Waals surface area contributed by atoms with Gasteiger partial charge in [-0.1, -0.05) is 39.5 Å². The van der Waals surface area contributed by atoms with Crippen LogP contribution < -0.4 is 0 Å². The minimum atomic E-state index is -1.09. The van der Waals surface area contributed by atoms with E-state index in [0.29, 0.717) is 11.3 Å². The van der Waals surface area contributed by atoms with Crippen LogP contribution in [0.25, 0.3) is 0 Å². The van der Waals surface area contributed by atoms with Gasteiger partial charge >= 0.3 is 0 Å². The molecule has 0 aromatic rings. The molecule has 110 valence electrons. The largest absolute Gasteiger partial charge is 0.465 e. The van der Waals surface area contributed by atoms with Crippen molar-refractivity contribution in [1.82, 2.24) is 0 Å². The first-order valence-electron chi connectivity index (χ1n) is 7.49. The third-order valence-electron chi connectivity index (χ3n) is 4.46. The van der Waals surface area contributed by atoms with Crippen LogP contribution in [0.3, 0.4) is 0 Å². The van der Waals surface area contributed by atoms with Crippen molar-refractivity contribution in [3.8, 4) is 0 Å². The zero-order chi connectivity index (χ0) is 14.6. The Morgan fingerprint density at radius 3 is 2.26 bits per heavy atom. The summed E-state index contributed by atoms with van der Waals surface area (Å²) in [5, 5.41) is 0. The van der Waals surface area contributed by atoms with Crippen LogP contribution in [0.2, 0.25) is 25.7 Å². The summed E-state index contributed by atoms with van der Waals surface area (Å²) in [7, 11) is -1.09. The van der Waals surface area contributed by atoms with Crippen molar-refractivity contribution in [3.05, 3.63) is 11.3 Å². The molecular formula is C16H30O2Si. The van der Waals surface area contributed by atoms with Crippen molar-refractivity contribution in [2.45, 2.75) is 78.6 Å². The molecule has 0 saturated carbocycles. The van der Waals surface area contributed by atoms with Gasteiger partial charge in [-0.25, -0.2) is 0 Å². The lowest BCUT2D eigenvalue weighted by atomic mass is 9.68. The minimum Gasteiger partial charge on any atom is -0.465 e. The van der Waals surface area contributed by atoms with Gasteiger partial charge in [-0.3, -0.25) is 0 Å². The van der Waals surface area contributed by atoms with Gasteiger partial charge in [0.2, 0.25) is 5.79 Å². The Kier molecular flexibility index (Phi) is 3.46. The lowest BCUT2D eigenvalue weighted by molar-refractivity contribution is -0.136. The summed E-state index contributed by atoms with van der Waals surface area (Å²) in [5.41, 5.74) is 1.75. The fourth-order valence-electron chi connectivity index (χ4n) is 3.64. The molecule has 2 unspecified atom stereocenters. The van der Waals surface area contributed by atoms with Crippen molar-refractivity contribution in [1.29, 1.82) is 0 Å². The topological polar surface area (TPSA) is 18.5 Å². The average Bonchev–Trinajstić information content (AvgIpc) is 2.45. The number of fused-ring (bicyclic) bond motifs is 1. The van der Waals surface area contributed by atoms with Crippen LogP contribution in [-0.2, 0) is 9.47 Å². The number of allylic oxidation sites excluding steroid dienone is 1. The van der Waals surface area contributed by atoms with E-state index in [1.807, 2.05) is 13.8 Å². The Bertz CT molecular complexity index is 401. The molecule has 0 N–H and O–H groups in total. The maximum Gasteiger partial charge on any atom is 0.205 e. The van der Waals surface area contributed by atoms with Gasteiger partial charge < -0.3 is 9.47 Å². The quantitative estimate of drug-likeness (QED) is 0.678. The van der Waals surface area contributed by atoms with Crippen LogP contribution in [0.15, 0.2) is 11.3 Å². The lowest BCUT2D eigenvalue weighted by Gasteiger charge is -2.43. The Balaban J connectivity index is 2.35. The molecule has 1 fully saturated rings. The molecule has 19 heavy (non-hydrogen) atoms. The molecule has 0 amide bonds. The molecule has 1 heterocycles. The standard InChI is InChI=1S/C16H30O2Si/c1-11-12(10-19(6,7)8)15(2,3)9-13-14(11)18-16(4,5)17-13/h12-13H,9-10H2,1-8H3. The molecule has 1 aliphatic heterocycles. The summed E-state index contributed by atoms with van der Waals surface area (Å²) in [6.45, 7) is 18.5. The molecule has 1 aliphatic carbocycles. The van der Waals surface area contributed by atoms with E-state index in [4.69, 9.17) is 9.47 Å². The van der Waals surface area contributed by atoms with E-state index in [1.165, 1.54) is 11.6 Å². The van der Waals surface area contributed by atoms with Crippen molar-refractivity contribution in [2.75, 3.05) is 0 Å². The Labute approximate surface area is 119 Å². The second-order valence-electron chi connectivity index (χ2n) is 8.67. The Morgan fingerprint density at radius 2 is 1.74 bits per heavy atom. The molecule has 0 bridgehead atoms. The van der Waals surface area contributed by atoms with Gasteiger partial charge in [0.1, 0.15) is 11.9 Å². The third kappa shape index (κ3) is 3.08. The van der Waals surface area contributed by atoms with Gasteiger partial charge in [0.05, 0.1) is 0 Å². The van der Waals surface area contributed by atoms with E-state index >= 15 is 0 Å². The molecule has 0 aromatic carbocycles. The number of hydrogen-bond acceptors (Lipinski definition) is 2. The summed E-state index contributed by atoms with van der Waals surface area (Å²) >= 11 is 0. The van der Waals surface area contributed by atoms with Crippen LogP contribution in [0.1, 0.15) is 41.0 Å². The van der Waals surface area contributed by atoms with E-state index in [0.717, 1.165) is 12.2 Å². The molecule has 2 rings (SSSR count). The summed E-state index contributed by atoms with van der Waals surface area (Å²) in [6.07, 6.45) is 1.25. The van der Waals surface area contributed by atoms with E-state index in [1.54, 1.807) is 0 Å². The van der Waals surface area contributed by atoms with Gasteiger partial charge in [0.15, 0.2) is 0 Å². The van der Waals surface area contributed by atoms with Gasteiger partial charge in [0, 0.05) is 21.9 Å². The van der Waals surface area contributed by atoms with E-state index < -0.39 is 13.9 Å². The summed E-state index contributed by atoms with van der Waals surface area (Å²) < 4.78 is 12.1. The second kappa shape index (κ2) is 4.36. The zero-order valence-corrected chi connectivity index (χ0v) is 14.9. The van der Waals surface area contributed by atoms with E-state index in [-0.39, 0.29) is 6.10 Å². The molecular weight excluding hydrogens is 252 g/mol. The Morgan fingerprint density at radius 1 is 1.16 bits per heavy atom. The van der Waals surface area contributed by atoms with Crippen molar-refractivity contribution < 1.29 is 9.47 Å². The SMILES string of the molecule is CC1=C2OC(C)(C)OC2CC(C)(C)C1C[Si](C)(C)C. The van der Waals surface area contributed by atoms with Gasteiger partial charge in [0.25, 0.3) is 0 Å². The average molecular weight is 282 g/mol. The minimum absolute atomic E-state index is 0.169. The van der Waals surface area contributed by atoms with Crippen LogP contribution in [0.4, 0.5) is 0 Å². The van der Waals surface area contributed by atoms with Crippen LogP contribution in [0.5, 0.6) is 0 Å². The molecule has 0 aromatic heterocycles. The predicted octanol–water partition coefficient (Wildman–Crippen LogP) is 4.80. The first-order valence-corrected chi connectivity index (χ1v) is 11.2. The Hall–Kier alpha value is -0.283. The highest BCUT2D eigenvalue weighted by Crippen LogP contribution is 2.52. The van der Waals surface area contributed by atoms with Crippen molar-refractivity contribution >= 4 is 8.07 Å². The van der Waals surface area contributed by atoms with Crippen molar-refractivity contribution in [2.24, 2.45) is 11.3 Å². The lowest BCUT2D eigenvalue weighted by Crippen LogP contribution is -2.39. The van der Waals surface area contributed by atoms with Crippen LogP contribution in [0, 0.1) is 11.3 Å². The predicted molar refractivity (Wildman–Crippen MR) is 82.8 cm³/mol. The molecule has 3 heteroatoms. The molecule has 0 radical (unpaired) electrons. The maximum absolute atomic E-state index is 6.08. The van der Waals surface area contributed by atoms with Gasteiger partial charge in [-0.05, 0) is 30.3 Å². The highest BCUT2D eigenvalue weighted by molar-refractivity contribution is 6.76. The molecule has 2 aliphatic rings. The number of hydrogen-bond donors (Lipinski definition) is 0. The first-order chi connectivity index (χ1) is 8.41. The molecule has 2 atom stereocenters. The second-order valence-corrected chi connectivity index (χ2v) is 14.2. The normalized spacial score (nSPS) is 33.1. The smallest absolute Gasteiger partial charge is 0.205 e. The van der Waals surface area contributed by atoms with E-state index in [9.17, 15) is 0 Å². The van der Waals surface area contributed by atoms with Crippen molar-refractivity contribution in [3.63, 3.8) is 0 Å². The number of ether oxygens (including phenoxy) is 2. The summed E-state index contributed by atoms with van der Waals surface area (Å²) in [5.74, 6) is 1.32. The van der Waals surface area contributed by atoms with Gasteiger partial charge in [-0.15, -0.1) is 0 Å². The third-order valence-corrected chi connectivity index (χ3v) is 6.09. The number of rotatable bonds is 2. The van der Waals surface area contributed by atoms with Crippen LogP contribution in [-0.4, -0.2) is 20.0 Å². The fourth-order valence-corrected chi connectivity index (χ4v) is 5.72. The molecule has 0 spiro atoms. The van der Waals surface area contributed by atoms with E-state index in [2.05, 4.69) is 40.4 Å². The monoisotopic (exact) mass is 282 g/mol. The fraction of sp³-hybridized carbons (Fsp3) is 0.875. The zero-order valence-electron chi connectivity index (χ0n) is 13.9. The summed E-state index contributed by atoms with van der Waals surface area (Å²) in [6, 6.07) is 1.34.